The van der Waals surface area contributed by atoms with Crippen molar-refractivity contribution in [1.29, 1.82) is 0 Å². The molecule has 0 saturated heterocycles. The van der Waals surface area contributed by atoms with Gasteiger partial charge in [0, 0.05) is 5.56 Å². The number of aromatic nitrogens is 2. The third kappa shape index (κ3) is 1.26. The third-order valence-corrected chi connectivity index (χ3v) is 2.06. The average Bonchev–Trinajstić information content (AvgIpc) is 2.84. The van der Waals surface area contributed by atoms with E-state index in [4.69, 9.17) is 19.6 Å². The van der Waals surface area contributed by atoms with E-state index in [2.05, 4.69) is 10.2 Å². The zero-order chi connectivity index (χ0) is 10.3. The van der Waals surface area contributed by atoms with Crippen molar-refractivity contribution in [2.45, 2.75) is 0 Å². The van der Waals surface area contributed by atoms with Crippen LogP contribution in [-0.4, -0.2) is 17.0 Å². The second-order valence-corrected chi connectivity index (χ2v) is 3.01. The Labute approximate surface area is 84.6 Å². The standard InChI is InChI=1S/C9H7N3O3/c10-9-12-11-8(15-9)5-1-2-6-7(3-5)14-4-13-6/h1-3H,4H2,(H2,10,12). The van der Waals surface area contributed by atoms with Crippen LogP contribution < -0.4 is 15.2 Å². The van der Waals surface area contributed by atoms with Crippen molar-refractivity contribution < 1.29 is 13.9 Å². The Morgan fingerprint density at radius 2 is 2.00 bits per heavy atom. The fourth-order valence-corrected chi connectivity index (χ4v) is 1.38. The number of nitrogens with zero attached hydrogens (tertiary/aromatic N) is 2. The molecule has 2 N–H and O–H groups in total. The molecule has 2 aromatic rings. The summed E-state index contributed by atoms with van der Waals surface area (Å²) in [5.74, 6) is 1.75. The van der Waals surface area contributed by atoms with E-state index in [9.17, 15) is 0 Å². The first-order valence-electron chi connectivity index (χ1n) is 4.32. The first-order valence-corrected chi connectivity index (χ1v) is 4.32. The van der Waals surface area contributed by atoms with E-state index in [1.807, 2.05) is 0 Å². The van der Waals surface area contributed by atoms with Crippen LogP contribution in [0.25, 0.3) is 11.5 Å². The van der Waals surface area contributed by atoms with Gasteiger partial charge in [-0.25, -0.2) is 0 Å². The molecule has 0 amide bonds. The Morgan fingerprint density at radius 1 is 1.13 bits per heavy atom. The number of benzene rings is 1. The first kappa shape index (κ1) is 8.10. The molecule has 0 spiro atoms. The van der Waals surface area contributed by atoms with Crippen molar-refractivity contribution in [2.24, 2.45) is 0 Å². The predicted octanol–water partition coefficient (Wildman–Crippen LogP) is 1.05. The molecule has 1 aromatic carbocycles. The van der Waals surface area contributed by atoms with E-state index in [0.717, 1.165) is 5.56 Å². The molecule has 6 heteroatoms. The van der Waals surface area contributed by atoms with E-state index in [1.165, 1.54) is 0 Å². The van der Waals surface area contributed by atoms with Gasteiger partial charge in [0.1, 0.15) is 0 Å². The molecule has 0 aliphatic carbocycles. The highest BCUT2D eigenvalue weighted by Crippen LogP contribution is 2.35. The fourth-order valence-electron chi connectivity index (χ4n) is 1.38. The molecule has 0 atom stereocenters. The lowest BCUT2D eigenvalue weighted by Crippen LogP contribution is -1.92. The van der Waals surface area contributed by atoms with Gasteiger partial charge in [-0.15, -0.1) is 5.10 Å². The predicted molar refractivity (Wildman–Crippen MR) is 50.3 cm³/mol. The van der Waals surface area contributed by atoms with Crippen LogP contribution >= 0.6 is 0 Å². The van der Waals surface area contributed by atoms with Crippen LogP contribution in [0.2, 0.25) is 0 Å². The number of ether oxygens (including phenoxy) is 2. The lowest BCUT2D eigenvalue weighted by molar-refractivity contribution is 0.174. The minimum absolute atomic E-state index is 0.0441. The molecule has 0 saturated carbocycles. The number of hydrogen-bond acceptors (Lipinski definition) is 6. The van der Waals surface area contributed by atoms with E-state index < -0.39 is 0 Å². The summed E-state index contributed by atoms with van der Waals surface area (Å²) >= 11 is 0. The van der Waals surface area contributed by atoms with Crippen molar-refractivity contribution in [3.63, 3.8) is 0 Å². The smallest absolute Gasteiger partial charge is 0.313 e. The maximum Gasteiger partial charge on any atom is 0.313 e. The highest BCUT2D eigenvalue weighted by molar-refractivity contribution is 5.60. The fraction of sp³-hybridized carbons (Fsp3) is 0.111. The van der Waals surface area contributed by atoms with Gasteiger partial charge in [0.25, 0.3) is 0 Å². The molecular weight excluding hydrogens is 198 g/mol. The van der Waals surface area contributed by atoms with Crippen molar-refractivity contribution in [3.05, 3.63) is 18.2 Å². The van der Waals surface area contributed by atoms with Gasteiger partial charge in [-0.1, -0.05) is 5.10 Å². The highest BCUT2D eigenvalue weighted by Gasteiger charge is 2.15. The van der Waals surface area contributed by atoms with Crippen LogP contribution in [0.15, 0.2) is 22.6 Å². The first-order chi connectivity index (χ1) is 7.33. The van der Waals surface area contributed by atoms with Gasteiger partial charge in [0.15, 0.2) is 11.5 Å². The summed E-state index contributed by atoms with van der Waals surface area (Å²) in [4.78, 5) is 0. The van der Waals surface area contributed by atoms with Gasteiger partial charge in [-0.2, -0.15) is 0 Å². The van der Waals surface area contributed by atoms with Gasteiger partial charge in [0.05, 0.1) is 0 Å². The molecule has 76 valence electrons. The summed E-state index contributed by atoms with van der Waals surface area (Å²) in [5, 5.41) is 7.35. The van der Waals surface area contributed by atoms with E-state index in [1.54, 1.807) is 18.2 Å². The third-order valence-electron chi connectivity index (χ3n) is 2.06. The Kier molecular flexibility index (Phi) is 1.55. The van der Waals surface area contributed by atoms with Crippen LogP contribution in [0.4, 0.5) is 6.01 Å². The zero-order valence-electron chi connectivity index (χ0n) is 7.64. The summed E-state index contributed by atoms with van der Waals surface area (Å²) in [6.07, 6.45) is 0. The van der Waals surface area contributed by atoms with Gasteiger partial charge in [0.2, 0.25) is 12.7 Å². The van der Waals surface area contributed by atoms with Gasteiger partial charge in [-0.3, -0.25) is 0 Å². The molecule has 1 aliphatic heterocycles. The molecule has 0 radical (unpaired) electrons. The maximum absolute atomic E-state index is 5.33. The van der Waals surface area contributed by atoms with Crippen molar-refractivity contribution >= 4 is 6.01 Å². The van der Waals surface area contributed by atoms with Crippen LogP contribution in [-0.2, 0) is 0 Å². The van der Waals surface area contributed by atoms with Crippen LogP contribution in [0.1, 0.15) is 0 Å². The summed E-state index contributed by atoms with van der Waals surface area (Å²) < 4.78 is 15.5. The molecule has 1 aliphatic rings. The van der Waals surface area contributed by atoms with Crippen LogP contribution in [0.5, 0.6) is 11.5 Å². The number of nitrogen functional groups attached to an aromatic ring is 1. The maximum atomic E-state index is 5.33. The number of rotatable bonds is 1. The van der Waals surface area contributed by atoms with Gasteiger partial charge in [-0.05, 0) is 18.2 Å². The summed E-state index contributed by atoms with van der Waals surface area (Å²) in [5.41, 5.74) is 6.09. The molecule has 0 fully saturated rings. The normalized spacial score (nSPS) is 13.1. The molecule has 0 bridgehead atoms. The van der Waals surface area contributed by atoms with Gasteiger partial charge >= 0.3 is 6.01 Å². The lowest BCUT2D eigenvalue weighted by Gasteiger charge is -1.97. The van der Waals surface area contributed by atoms with Crippen molar-refractivity contribution in [3.8, 4) is 23.0 Å². The average molecular weight is 205 g/mol. The number of nitrogens with two attached hydrogens (primary N) is 1. The van der Waals surface area contributed by atoms with Crippen LogP contribution in [0.3, 0.4) is 0 Å². The molecule has 0 unspecified atom stereocenters. The summed E-state index contributed by atoms with van der Waals surface area (Å²) in [7, 11) is 0. The SMILES string of the molecule is Nc1nnc(-c2ccc3c(c2)OCO3)o1. The lowest BCUT2D eigenvalue weighted by atomic mass is 10.2. The number of hydrogen-bond donors (Lipinski definition) is 1. The topological polar surface area (TPSA) is 83.4 Å². The molecule has 2 heterocycles. The van der Waals surface area contributed by atoms with Crippen LogP contribution in [0, 0.1) is 0 Å². The van der Waals surface area contributed by atoms with E-state index in [-0.39, 0.29) is 12.8 Å². The zero-order valence-corrected chi connectivity index (χ0v) is 7.64. The number of anilines is 1. The van der Waals surface area contributed by atoms with Crippen molar-refractivity contribution in [2.75, 3.05) is 12.5 Å². The van der Waals surface area contributed by atoms with Gasteiger partial charge < -0.3 is 19.6 Å². The van der Waals surface area contributed by atoms with E-state index >= 15 is 0 Å². The Hall–Kier alpha value is -2.24. The van der Waals surface area contributed by atoms with Crippen molar-refractivity contribution in [1.82, 2.24) is 10.2 Å². The highest BCUT2D eigenvalue weighted by atomic mass is 16.7. The van der Waals surface area contributed by atoms with E-state index in [0.29, 0.717) is 17.4 Å². The quantitative estimate of drug-likeness (QED) is 0.749. The Bertz CT molecular complexity index is 509. The molecule has 15 heavy (non-hydrogen) atoms. The number of fused-ring (bicyclic) bond motifs is 1. The summed E-state index contributed by atoms with van der Waals surface area (Å²) in [6, 6.07) is 5.41. The molecular formula is C9H7N3O3. The largest absolute Gasteiger partial charge is 0.454 e. The second-order valence-electron chi connectivity index (χ2n) is 3.01. The molecule has 3 rings (SSSR count). The molecule has 6 nitrogen and oxygen atoms in total. The Morgan fingerprint density at radius 3 is 2.80 bits per heavy atom. The summed E-state index contributed by atoms with van der Waals surface area (Å²) in [6.45, 7) is 0.241. The second kappa shape index (κ2) is 2.88. The Balaban J connectivity index is 2.06. The minimum atomic E-state index is 0.0441. The monoisotopic (exact) mass is 205 g/mol. The minimum Gasteiger partial charge on any atom is -0.454 e. The molecule has 1 aromatic heterocycles.